The van der Waals surface area contributed by atoms with Crippen molar-refractivity contribution in [1.29, 1.82) is 0 Å². The predicted molar refractivity (Wildman–Crippen MR) is 138 cm³/mol. The Bertz CT molecular complexity index is 1450. The lowest BCUT2D eigenvalue weighted by atomic mass is 10.0. The van der Waals surface area contributed by atoms with Crippen molar-refractivity contribution in [3.05, 3.63) is 95.9 Å². The van der Waals surface area contributed by atoms with Crippen LogP contribution in [0.1, 0.15) is 33.8 Å². The molecule has 0 bridgehead atoms. The zero-order chi connectivity index (χ0) is 24.4. The highest BCUT2D eigenvalue weighted by Gasteiger charge is 2.33. The molecular weight excluding hydrogens is 482 g/mol. The number of ketones is 1. The number of benzene rings is 2. The minimum atomic E-state index is -3.62. The van der Waals surface area contributed by atoms with Crippen LogP contribution in [0.5, 0.6) is 5.75 Å². The molecule has 4 aromatic rings. The van der Waals surface area contributed by atoms with Gasteiger partial charge in [-0.15, -0.1) is 11.8 Å². The normalized spacial score (nSPS) is 18.1. The number of carbonyl (C=O) groups is 1. The van der Waals surface area contributed by atoms with E-state index in [0.717, 1.165) is 11.1 Å². The first-order valence-corrected chi connectivity index (χ1v) is 14.0. The molecule has 180 valence electrons. The van der Waals surface area contributed by atoms with Crippen LogP contribution in [0.15, 0.2) is 79.3 Å². The second kappa shape index (κ2) is 9.85. The van der Waals surface area contributed by atoms with Gasteiger partial charge in [-0.3, -0.25) is 15.1 Å². The van der Waals surface area contributed by atoms with Crippen LogP contribution in [0.2, 0.25) is 0 Å². The molecule has 9 heteroatoms. The first kappa shape index (κ1) is 23.6. The Morgan fingerprint density at radius 1 is 1.17 bits per heavy atom. The lowest BCUT2D eigenvalue weighted by molar-refractivity contribution is 0.0957. The second-order valence-corrected chi connectivity index (χ2v) is 11.5. The molecule has 7 nitrogen and oxygen atoms in total. The maximum atomic E-state index is 13.5. The summed E-state index contributed by atoms with van der Waals surface area (Å²) in [6.07, 6.45) is 4.96. The molecule has 1 unspecified atom stereocenters. The summed E-state index contributed by atoms with van der Waals surface area (Å²) in [5.41, 5.74) is 2.84. The van der Waals surface area contributed by atoms with Gasteiger partial charge in [0, 0.05) is 41.4 Å². The Kier molecular flexibility index (Phi) is 6.64. The van der Waals surface area contributed by atoms with E-state index in [0.29, 0.717) is 34.6 Å². The van der Waals surface area contributed by atoms with Gasteiger partial charge in [-0.25, -0.2) is 12.4 Å². The van der Waals surface area contributed by atoms with E-state index in [1.54, 1.807) is 49.3 Å². The van der Waals surface area contributed by atoms with Crippen molar-refractivity contribution in [2.45, 2.75) is 24.9 Å². The average molecular weight is 508 g/mol. The van der Waals surface area contributed by atoms with Gasteiger partial charge in [0.1, 0.15) is 12.4 Å². The summed E-state index contributed by atoms with van der Waals surface area (Å²) < 4.78 is 32.9. The molecule has 1 N–H and O–H groups in total. The van der Waals surface area contributed by atoms with E-state index in [4.69, 9.17) is 4.74 Å². The fourth-order valence-corrected chi connectivity index (χ4v) is 6.33. The summed E-state index contributed by atoms with van der Waals surface area (Å²) in [7, 11) is -3.62. The van der Waals surface area contributed by atoms with Crippen LogP contribution in [0, 0.1) is 0 Å². The zero-order valence-corrected chi connectivity index (χ0v) is 20.8. The third-order valence-corrected chi connectivity index (χ3v) is 8.91. The van der Waals surface area contributed by atoms with Crippen LogP contribution in [0.4, 0.5) is 0 Å². The van der Waals surface area contributed by atoms with Crippen molar-refractivity contribution in [3.63, 3.8) is 0 Å². The predicted octanol–water partition coefficient (Wildman–Crippen LogP) is 4.40. The maximum absolute atomic E-state index is 13.5. The fourth-order valence-electron chi connectivity index (χ4n) is 4.11. The molecule has 5 rings (SSSR count). The monoisotopic (exact) mass is 507 g/mol. The van der Waals surface area contributed by atoms with Gasteiger partial charge in [-0.05, 0) is 36.2 Å². The molecule has 2 aromatic carbocycles. The molecule has 35 heavy (non-hydrogen) atoms. The standard InChI is InChI=1S/C26H25N3O4S2/c1-2-35(31,32)29-15-22(25(30)23-17-34-26(28-23)19-9-6-12-27-14-19)21-11-10-20(13-24(21)29)33-16-18-7-4-3-5-8-18/h3-15,23,26,28H,2,16-17H2,1H3/t23-,26?/m0/s1. The number of aromatic nitrogens is 2. The van der Waals surface area contributed by atoms with E-state index in [1.807, 2.05) is 42.5 Å². The number of ether oxygens (including phenoxy) is 1. The van der Waals surface area contributed by atoms with Crippen molar-refractivity contribution in [2.24, 2.45) is 0 Å². The van der Waals surface area contributed by atoms with Gasteiger partial charge in [0.15, 0.2) is 5.78 Å². The van der Waals surface area contributed by atoms with Crippen LogP contribution in [0.25, 0.3) is 10.9 Å². The number of pyridine rings is 1. The zero-order valence-electron chi connectivity index (χ0n) is 19.1. The van der Waals surface area contributed by atoms with E-state index in [2.05, 4.69) is 10.3 Å². The number of nitrogens with one attached hydrogen (secondary N) is 1. The number of thioether (sulfide) groups is 1. The number of carbonyl (C=O) groups excluding carboxylic acids is 1. The third-order valence-electron chi connectivity index (χ3n) is 6.01. The van der Waals surface area contributed by atoms with Gasteiger partial charge in [-0.1, -0.05) is 36.4 Å². The molecule has 0 radical (unpaired) electrons. The Balaban J connectivity index is 1.45. The van der Waals surface area contributed by atoms with Crippen LogP contribution < -0.4 is 10.1 Å². The van der Waals surface area contributed by atoms with Gasteiger partial charge < -0.3 is 4.74 Å². The largest absolute Gasteiger partial charge is 0.489 e. The molecule has 2 aromatic heterocycles. The highest BCUT2D eigenvalue weighted by Crippen LogP contribution is 2.35. The van der Waals surface area contributed by atoms with Crippen molar-refractivity contribution in [3.8, 4) is 5.75 Å². The number of Topliss-reactive ketones (excluding diaryl/α,β-unsaturated/α-hetero) is 1. The van der Waals surface area contributed by atoms with E-state index >= 15 is 0 Å². The van der Waals surface area contributed by atoms with Crippen LogP contribution in [0.3, 0.4) is 0 Å². The molecule has 1 aliphatic rings. The van der Waals surface area contributed by atoms with Crippen molar-refractivity contribution < 1.29 is 17.9 Å². The summed E-state index contributed by atoms with van der Waals surface area (Å²) in [5, 5.41) is 3.93. The molecule has 1 fully saturated rings. The number of rotatable bonds is 8. The fraction of sp³-hybridized carbons (Fsp3) is 0.231. The highest BCUT2D eigenvalue weighted by atomic mass is 32.2. The van der Waals surface area contributed by atoms with Crippen molar-refractivity contribution in [1.82, 2.24) is 14.3 Å². The van der Waals surface area contributed by atoms with E-state index in [9.17, 15) is 13.2 Å². The van der Waals surface area contributed by atoms with E-state index in [-0.39, 0.29) is 16.9 Å². The molecule has 2 atom stereocenters. The minimum absolute atomic E-state index is 0.0386. The van der Waals surface area contributed by atoms with E-state index < -0.39 is 16.1 Å². The maximum Gasteiger partial charge on any atom is 0.238 e. The van der Waals surface area contributed by atoms with Crippen LogP contribution in [-0.2, 0) is 16.6 Å². The molecule has 1 saturated heterocycles. The molecule has 3 heterocycles. The van der Waals surface area contributed by atoms with Crippen molar-refractivity contribution in [2.75, 3.05) is 11.5 Å². The lowest BCUT2D eigenvalue weighted by Crippen LogP contribution is -2.34. The molecule has 0 spiro atoms. The molecule has 0 saturated carbocycles. The third kappa shape index (κ3) is 4.84. The highest BCUT2D eigenvalue weighted by molar-refractivity contribution is 7.99. The summed E-state index contributed by atoms with van der Waals surface area (Å²) in [6.45, 7) is 1.95. The topological polar surface area (TPSA) is 90.3 Å². The summed E-state index contributed by atoms with van der Waals surface area (Å²) in [4.78, 5) is 17.7. The molecule has 1 aliphatic heterocycles. The quantitative estimate of drug-likeness (QED) is 0.354. The van der Waals surface area contributed by atoms with Gasteiger partial charge >= 0.3 is 0 Å². The van der Waals surface area contributed by atoms with Crippen LogP contribution in [-0.4, -0.2) is 40.7 Å². The minimum Gasteiger partial charge on any atom is -0.489 e. The first-order valence-electron chi connectivity index (χ1n) is 11.3. The van der Waals surface area contributed by atoms with Crippen LogP contribution >= 0.6 is 11.8 Å². The summed E-state index contributed by atoms with van der Waals surface area (Å²) in [5.74, 6) is 0.915. The molecular formula is C26H25N3O4S2. The summed E-state index contributed by atoms with van der Waals surface area (Å²) in [6, 6.07) is 18.4. The second-order valence-electron chi connectivity index (χ2n) is 8.28. The summed E-state index contributed by atoms with van der Waals surface area (Å²) >= 11 is 1.64. The van der Waals surface area contributed by atoms with E-state index in [1.165, 1.54) is 10.2 Å². The van der Waals surface area contributed by atoms with Gasteiger partial charge in [-0.2, -0.15) is 0 Å². The van der Waals surface area contributed by atoms with Gasteiger partial charge in [0.2, 0.25) is 10.0 Å². The smallest absolute Gasteiger partial charge is 0.238 e. The first-order chi connectivity index (χ1) is 17.0. The SMILES string of the molecule is CCS(=O)(=O)n1cc(C(=O)[C@@H]2CSC(c3cccnc3)N2)c2ccc(OCc3ccccc3)cc21. The Labute approximate surface area is 208 Å². The average Bonchev–Trinajstić information content (AvgIpc) is 3.54. The Morgan fingerprint density at radius 2 is 2.00 bits per heavy atom. The number of hydrogen-bond acceptors (Lipinski definition) is 7. The number of hydrogen-bond donors (Lipinski definition) is 1. The number of fused-ring (bicyclic) bond motifs is 1. The molecule has 0 aliphatic carbocycles. The molecule has 0 amide bonds. The van der Waals surface area contributed by atoms with Gasteiger partial charge in [0.25, 0.3) is 0 Å². The van der Waals surface area contributed by atoms with Crippen molar-refractivity contribution >= 4 is 38.5 Å². The number of nitrogens with zero attached hydrogens (tertiary/aromatic N) is 2. The van der Waals surface area contributed by atoms with Gasteiger partial charge in [0.05, 0.1) is 22.7 Å². The Morgan fingerprint density at radius 3 is 2.74 bits per heavy atom. The lowest BCUT2D eigenvalue weighted by Gasteiger charge is -2.12. The Hall–Kier alpha value is -3.14.